The van der Waals surface area contributed by atoms with Crippen LogP contribution in [0.15, 0.2) is 29.2 Å². The van der Waals surface area contributed by atoms with Gasteiger partial charge < -0.3 is 9.63 Å². The van der Waals surface area contributed by atoms with E-state index in [1.165, 1.54) is 6.92 Å². The van der Waals surface area contributed by atoms with Crippen molar-refractivity contribution >= 4 is 34.2 Å². The third-order valence-electron chi connectivity index (χ3n) is 3.08. The van der Waals surface area contributed by atoms with Gasteiger partial charge in [-0.15, -0.1) is 0 Å². The minimum atomic E-state index is -3.54. The highest BCUT2D eigenvalue weighted by Crippen LogP contribution is 2.38. The first-order valence-electron chi connectivity index (χ1n) is 7.32. The molecule has 1 aromatic carbocycles. The van der Waals surface area contributed by atoms with Crippen LogP contribution in [0, 0.1) is 6.92 Å². The normalized spacial score (nSPS) is 15.6. The minimum Gasteiger partial charge on any atom is -0.480 e. The van der Waals surface area contributed by atoms with E-state index in [0.29, 0.717) is 6.42 Å². The van der Waals surface area contributed by atoms with E-state index < -0.39 is 28.4 Å². The van der Waals surface area contributed by atoms with Gasteiger partial charge in [-0.05, 0) is 32.4 Å². The lowest BCUT2D eigenvalue weighted by molar-refractivity contribution is -0.138. The molecular formula is C14H23N2O5PS2. The SMILES string of the molecule is Cc1ccc(S(=O)(=O)NCCCOP(C)(=S)NC(C)C(=O)O)cc1. The fraction of sp³-hybridized carbons (Fsp3) is 0.500. The third kappa shape index (κ3) is 7.38. The van der Waals surface area contributed by atoms with Gasteiger partial charge in [0.1, 0.15) is 12.5 Å². The van der Waals surface area contributed by atoms with Crippen LogP contribution in [0.25, 0.3) is 0 Å². The van der Waals surface area contributed by atoms with Crippen LogP contribution in [0.4, 0.5) is 0 Å². The third-order valence-corrected chi connectivity index (χ3v) is 6.72. The number of hydrogen-bond acceptors (Lipinski definition) is 5. The molecule has 0 spiro atoms. The zero-order valence-corrected chi connectivity index (χ0v) is 16.4. The quantitative estimate of drug-likeness (QED) is 0.410. The first-order chi connectivity index (χ1) is 11.0. The van der Waals surface area contributed by atoms with Crippen LogP contribution < -0.4 is 9.81 Å². The van der Waals surface area contributed by atoms with Gasteiger partial charge in [0.2, 0.25) is 10.0 Å². The van der Waals surface area contributed by atoms with E-state index in [4.69, 9.17) is 21.4 Å². The molecule has 24 heavy (non-hydrogen) atoms. The number of carboxylic acid groups (broad SMARTS) is 1. The molecule has 0 aromatic heterocycles. The van der Waals surface area contributed by atoms with Gasteiger partial charge in [-0.1, -0.05) is 29.5 Å². The number of aryl methyl sites for hydroxylation is 1. The molecule has 2 unspecified atom stereocenters. The van der Waals surface area contributed by atoms with Gasteiger partial charge in [-0.2, -0.15) is 0 Å². The average Bonchev–Trinajstić information content (AvgIpc) is 2.46. The number of benzene rings is 1. The Kier molecular flexibility index (Phi) is 7.98. The number of sulfonamides is 1. The second kappa shape index (κ2) is 9.03. The fourth-order valence-electron chi connectivity index (χ4n) is 1.76. The summed E-state index contributed by atoms with van der Waals surface area (Å²) >= 11 is 5.23. The van der Waals surface area contributed by atoms with Crippen molar-refractivity contribution in [2.24, 2.45) is 0 Å². The first-order valence-corrected chi connectivity index (χ1v) is 12.0. The van der Waals surface area contributed by atoms with E-state index >= 15 is 0 Å². The molecule has 1 aromatic rings. The topological polar surface area (TPSA) is 105 Å². The number of rotatable bonds is 10. The second-order valence-corrected chi connectivity index (χ2v) is 11.5. The molecule has 0 bridgehead atoms. The van der Waals surface area contributed by atoms with Crippen LogP contribution in [0.3, 0.4) is 0 Å². The molecule has 0 radical (unpaired) electrons. The molecule has 0 aliphatic carbocycles. The summed E-state index contributed by atoms with van der Waals surface area (Å²) in [6, 6.07) is 5.79. The highest BCUT2D eigenvalue weighted by Gasteiger charge is 2.19. The van der Waals surface area contributed by atoms with E-state index in [2.05, 4.69) is 9.81 Å². The van der Waals surface area contributed by atoms with Crippen LogP contribution >= 0.6 is 6.42 Å². The molecule has 136 valence electrons. The highest BCUT2D eigenvalue weighted by molar-refractivity contribution is 8.11. The van der Waals surface area contributed by atoms with Crippen LogP contribution in [-0.4, -0.2) is 45.4 Å². The van der Waals surface area contributed by atoms with Crippen LogP contribution in [-0.2, 0) is 31.1 Å². The van der Waals surface area contributed by atoms with Gasteiger partial charge in [0.05, 0.1) is 11.5 Å². The summed E-state index contributed by atoms with van der Waals surface area (Å²) in [6.07, 6.45) is -1.99. The van der Waals surface area contributed by atoms with E-state index in [1.54, 1.807) is 30.9 Å². The molecule has 2 atom stereocenters. The number of carbonyl (C=O) groups is 1. The maximum atomic E-state index is 12.1. The lowest BCUT2D eigenvalue weighted by Gasteiger charge is -2.21. The highest BCUT2D eigenvalue weighted by atomic mass is 32.4. The van der Waals surface area contributed by atoms with Crippen molar-refractivity contribution in [3.05, 3.63) is 29.8 Å². The predicted molar refractivity (Wildman–Crippen MR) is 97.4 cm³/mol. The summed E-state index contributed by atoms with van der Waals surface area (Å²) in [4.78, 5) is 11.0. The number of aliphatic carboxylic acids is 1. The summed E-state index contributed by atoms with van der Waals surface area (Å²) in [5.74, 6) is -1.000. The summed E-state index contributed by atoms with van der Waals surface area (Å²) in [7, 11) is -3.54. The first kappa shape index (κ1) is 21.2. The Morgan fingerprint density at radius 2 is 1.96 bits per heavy atom. The van der Waals surface area contributed by atoms with Gasteiger partial charge in [-0.25, -0.2) is 13.1 Å². The van der Waals surface area contributed by atoms with Gasteiger partial charge >= 0.3 is 5.97 Å². The Morgan fingerprint density at radius 3 is 2.50 bits per heavy atom. The Bertz CT molecular complexity index is 706. The minimum absolute atomic E-state index is 0.208. The van der Waals surface area contributed by atoms with Gasteiger partial charge in [-0.3, -0.25) is 9.88 Å². The fourth-order valence-corrected chi connectivity index (χ4v) is 4.90. The van der Waals surface area contributed by atoms with Gasteiger partial charge in [0.15, 0.2) is 0 Å². The average molecular weight is 394 g/mol. The maximum absolute atomic E-state index is 12.1. The van der Waals surface area contributed by atoms with E-state index in [1.807, 2.05) is 6.92 Å². The lowest BCUT2D eigenvalue weighted by Crippen LogP contribution is -2.32. The zero-order chi connectivity index (χ0) is 18.4. The van der Waals surface area contributed by atoms with Crippen LogP contribution in [0.5, 0.6) is 0 Å². The van der Waals surface area contributed by atoms with Crippen LogP contribution in [0.1, 0.15) is 18.9 Å². The molecule has 0 aliphatic rings. The van der Waals surface area contributed by atoms with Gasteiger partial charge in [0, 0.05) is 13.2 Å². The molecule has 0 heterocycles. The molecule has 0 aliphatic heterocycles. The maximum Gasteiger partial charge on any atom is 0.320 e. The van der Waals surface area contributed by atoms with E-state index in [-0.39, 0.29) is 18.0 Å². The summed E-state index contributed by atoms with van der Waals surface area (Å²) in [5.41, 5.74) is 0.985. The van der Waals surface area contributed by atoms with Crippen molar-refractivity contribution in [2.75, 3.05) is 19.8 Å². The standard InChI is InChI=1S/C14H23N2O5PS2/c1-11-5-7-13(8-6-11)24(19,20)15-9-4-10-21-22(3,23)16-12(2)14(17)18/h5-8,12,15H,4,9-10H2,1-3H3,(H,16,23)(H,17,18). The summed E-state index contributed by atoms with van der Waals surface area (Å²) < 4.78 is 32.2. The summed E-state index contributed by atoms with van der Waals surface area (Å²) in [5, 5.41) is 11.6. The molecule has 0 amide bonds. The van der Waals surface area contributed by atoms with E-state index in [0.717, 1.165) is 5.56 Å². The molecule has 1 rings (SSSR count). The Morgan fingerprint density at radius 1 is 1.38 bits per heavy atom. The van der Waals surface area contributed by atoms with Crippen molar-refractivity contribution in [1.82, 2.24) is 9.81 Å². The number of hydrogen-bond donors (Lipinski definition) is 3. The van der Waals surface area contributed by atoms with Crippen molar-refractivity contribution in [1.29, 1.82) is 0 Å². The van der Waals surface area contributed by atoms with Gasteiger partial charge in [0.25, 0.3) is 0 Å². The molecular weight excluding hydrogens is 371 g/mol. The second-order valence-electron chi connectivity index (χ2n) is 5.43. The Labute approximate surface area is 148 Å². The molecule has 0 fully saturated rings. The van der Waals surface area contributed by atoms with Crippen molar-refractivity contribution in [3.63, 3.8) is 0 Å². The molecule has 7 nitrogen and oxygen atoms in total. The molecule has 10 heteroatoms. The zero-order valence-electron chi connectivity index (χ0n) is 13.9. The number of nitrogens with one attached hydrogen (secondary N) is 2. The molecule has 0 saturated carbocycles. The lowest BCUT2D eigenvalue weighted by atomic mass is 10.2. The Balaban J connectivity index is 2.39. The summed E-state index contributed by atoms with van der Waals surface area (Å²) in [6.45, 7) is 5.48. The number of carboxylic acids is 1. The van der Waals surface area contributed by atoms with Crippen LogP contribution in [0.2, 0.25) is 0 Å². The molecule has 3 N–H and O–H groups in total. The van der Waals surface area contributed by atoms with E-state index in [9.17, 15) is 13.2 Å². The smallest absolute Gasteiger partial charge is 0.320 e. The monoisotopic (exact) mass is 394 g/mol. The van der Waals surface area contributed by atoms with Crippen molar-refractivity contribution < 1.29 is 22.8 Å². The predicted octanol–water partition coefficient (Wildman–Crippen LogP) is 1.68. The van der Waals surface area contributed by atoms with Crippen molar-refractivity contribution in [2.45, 2.75) is 31.2 Å². The largest absolute Gasteiger partial charge is 0.480 e. The molecule has 0 saturated heterocycles. The Hall–Kier alpha value is -0.830. The van der Waals surface area contributed by atoms with Crippen molar-refractivity contribution in [3.8, 4) is 0 Å².